The van der Waals surface area contributed by atoms with Crippen molar-refractivity contribution >= 4 is 15.7 Å². The predicted octanol–water partition coefficient (Wildman–Crippen LogP) is 2.96. The normalized spacial score (nSPS) is 23.2. The van der Waals surface area contributed by atoms with E-state index >= 15 is 0 Å². The molecule has 1 aromatic carbocycles. The Labute approximate surface area is 126 Å². The average Bonchev–Trinajstić information content (AvgIpc) is 2.43. The van der Waals surface area contributed by atoms with Crippen molar-refractivity contribution in [1.29, 1.82) is 0 Å². The summed E-state index contributed by atoms with van der Waals surface area (Å²) < 4.78 is 41.3. The van der Waals surface area contributed by atoms with Crippen molar-refractivity contribution in [2.24, 2.45) is 5.92 Å². The third-order valence-electron chi connectivity index (χ3n) is 4.35. The molecule has 2 rings (SSSR count). The van der Waals surface area contributed by atoms with Gasteiger partial charge in [-0.05, 0) is 50.7 Å². The molecule has 0 amide bonds. The van der Waals surface area contributed by atoms with Gasteiger partial charge in [0.2, 0.25) is 10.0 Å². The van der Waals surface area contributed by atoms with Crippen LogP contribution in [0.4, 0.5) is 10.1 Å². The van der Waals surface area contributed by atoms with Gasteiger partial charge in [-0.1, -0.05) is 13.3 Å². The van der Waals surface area contributed by atoms with Gasteiger partial charge in [0.15, 0.2) is 0 Å². The molecule has 0 spiro atoms. The van der Waals surface area contributed by atoms with E-state index in [9.17, 15) is 12.8 Å². The molecule has 1 aromatic rings. The average molecular weight is 314 g/mol. The molecule has 0 bridgehead atoms. The Morgan fingerprint density at radius 1 is 1.29 bits per heavy atom. The molecule has 0 unspecified atom stereocenters. The highest BCUT2D eigenvalue weighted by molar-refractivity contribution is 7.89. The molecule has 1 fully saturated rings. The van der Waals surface area contributed by atoms with Crippen LogP contribution >= 0.6 is 0 Å². The number of nitrogen functional groups attached to an aromatic ring is 1. The lowest BCUT2D eigenvalue weighted by molar-refractivity contribution is 0.306. The van der Waals surface area contributed by atoms with Crippen LogP contribution in [-0.2, 0) is 10.0 Å². The maximum Gasteiger partial charge on any atom is 0.241 e. The summed E-state index contributed by atoms with van der Waals surface area (Å²) in [4.78, 5) is -0.0578. The first-order valence-corrected chi connectivity index (χ1v) is 8.89. The monoisotopic (exact) mass is 314 g/mol. The van der Waals surface area contributed by atoms with E-state index in [4.69, 9.17) is 5.73 Å². The third kappa shape index (κ3) is 3.74. The molecule has 0 atom stereocenters. The van der Waals surface area contributed by atoms with E-state index in [1.165, 1.54) is 13.0 Å². The quantitative estimate of drug-likeness (QED) is 0.839. The second-order valence-electron chi connectivity index (χ2n) is 5.87. The molecule has 6 heteroatoms. The molecule has 118 valence electrons. The number of nitrogens with two attached hydrogens (primary N) is 1. The lowest BCUT2D eigenvalue weighted by Gasteiger charge is -2.28. The van der Waals surface area contributed by atoms with Crippen LogP contribution < -0.4 is 10.5 Å². The van der Waals surface area contributed by atoms with Crippen LogP contribution in [0.15, 0.2) is 17.0 Å². The van der Waals surface area contributed by atoms with E-state index in [2.05, 4.69) is 11.6 Å². The minimum absolute atomic E-state index is 0.0578. The maximum atomic E-state index is 13.7. The minimum atomic E-state index is -3.73. The van der Waals surface area contributed by atoms with E-state index in [0.29, 0.717) is 5.92 Å². The topological polar surface area (TPSA) is 72.2 Å². The van der Waals surface area contributed by atoms with Gasteiger partial charge >= 0.3 is 0 Å². The molecule has 0 aliphatic heterocycles. The summed E-state index contributed by atoms with van der Waals surface area (Å²) in [7, 11) is -3.73. The van der Waals surface area contributed by atoms with Gasteiger partial charge in [-0.2, -0.15) is 0 Å². The van der Waals surface area contributed by atoms with Gasteiger partial charge in [-0.25, -0.2) is 17.5 Å². The van der Waals surface area contributed by atoms with Crippen LogP contribution in [-0.4, -0.2) is 14.5 Å². The van der Waals surface area contributed by atoms with Gasteiger partial charge in [-0.15, -0.1) is 0 Å². The summed E-state index contributed by atoms with van der Waals surface area (Å²) >= 11 is 0. The second kappa shape index (κ2) is 6.32. The van der Waals surface area contributed by atoms with Crippen LogP contribution in [0.1, 0.15) is 44.6 Å². The standard InChI is InChI=1S/C15H23FN2O2S/c1-3-11-4-6-13(7-5-11)18-21(19,20)15-9-12(17)8-14(16)10(15)2/h8-9,11,13,18H,3-7,17H2,1-2H3. The zero-order chi connectivity index (χ0) is 15.6. The fourth-order valence-electron chi connectivity index (χ4n) is 2.92. The fraction of sp³-hybridized carbons (Fsp3) is 0.600. The summed E-state index contributed by atoms with van der Waals surface area (Å²) in [5, 5.41) is 0. The van der Waals surface area contributed by atoms with Crippen molar-refractivity contribution in [1.82, 2.24) is 4.72 Å². The van der Waals surface area contributed by atoms with Crippen LogP contribution in [0.3, 0.4) is 0 Å². The number of anilines is 1. The highest BCUT2D eigenvalue weighted by Gasteiger charge is 2.26. The van der Waals surface area contributed by atoms with Crippen molar-refractivity contribution in [3.8, 4) is 0 Å². The molecule has 0 aromatic heterocycles. The Kier molecular flexibility index (Phi) is 4.88. The Bertz CT molecular complexity index is 608. The van der Waals surface area contributed by atoms with Crippen molar-refractivity contribution in [3.63, 3.8) is 0 Å². The minimum Gasteiger partial charge on any atom is -0.399 e. The van der Waals surface area contributed by atoms with Gasteiger partial charge in [0.1, 0.15) is 5.82 Å². The molecule has 1 aliphatic carbocycles. The number of hydrogen-bond acceptors (Lipinski definition) is 3. The van der Waals surface area contributed by atoms with Crippen LogP contribution in [0.2, 0.25) is 0 Å². The van der Waals surface area contributed by atoms with Crippen LogP contribution in [0.5, 0.6) is 0 Å². The van der Waals surface area contributed by atoms with Gasteiger partial charge < -0.3 is 5.73 Å². The van der Waals surface area contributed by atoms with Gasteiger partial charge in [0.05, 0.1) is 4.90 Å². The number of halogens is 1. The SMILES string of the molecule is CCC1CCC(NS(=O)(=O)c2cc(N)cc(F)c2C)CC1. The lowest BCUT2D eigenvalue weighted by Crippen LogP contribution is -2.37. The zero-order valence-electron chi connectivity index (χ0n) is 12.5. The van der Waals surface area contributed by atoms with Crippen LogP contribution in [0, 0.1) is 18.7 Å². The smallest absolute Gasteiger partial charge is 0.241 e. The van der Waals surface area contributed by atoms with E-state index < -0.39 is 15.8 Å². The molecular weight excluding hydrogens is 291 g/mol. The summed E-state index contributed by atoms with van der Waals surface area (Å²) in [6.45, 7) is 3.62. The van der Waals surface area contributed by atoms with E-state index in [1.54, 1.807) is 0 Å². The molecule has 0 radical (unpaired) electrons. The predicted molar refractivity (Wildman–Crippen MR) is 81.9 cm³/mol. The van der Waals surface area contributed by atoms with Gasteiger partial charge in [-0.3, -0.25) is 0 Å². The van der Waals surface area contributed by atoms with Crippen LogP contribution in [0.25, 0.3) is 0 Å². The molecule has 3 N–H and O–H groups in total. The summed E-state index contributed by atoms with van der Waals surface area (Å²) in [5.74, 6) is 0.0994. The molecule has 21 heavy (non-hydrogen) atoms. The number of benzene rings is 1. The number of sulfonamides is 1. The summed E-state index contributed by atoms with van der Waals surface area (Å²) in [5.41, 5.74) is 5.79. The summed E-state index contributed by atoms with van der Waals surface area (Å²) in [6, 6.07) is 2.39. The first kappa shape index (κ1) is 16.2. The van der Waals surface area contributed by atoms with E-state index in [-0.39, 0.29) is 22.2 Å². The molecule has 4 nitrogen and oxygen atoms in total. The van der Waals surface area contributed by atoms with Crippen molar-refractivity contribution < 1.29 is 12.8 Å². The van der Waals surface area contributed by atoms with E-state index in [1.807, 2.05) is 0 Å². The van der Waals surface area contributed by atoms with Gasteiger partial charge in [0.25, 0.3) is 0 Å². The zero-order valence-corrected chi connectivity index (χ0v) is 13.3. The third-order valence-corrected chi connectivity index (χ3v) is 6.00. The Hall–Kier alpha value is -1.14. The van der Waals surface area contributed by atoms with E-state index in [0.717, 1.165) is 38.2 Å². The molecule has 1 saturated carbocycles. The number of hydrogen-bond donors (Lipinski definition) is 2. The summed E-state index contributed by atoms with van der Waals surface area (Å²) in [6.07, 6.45) is 4.88. The molecule has 1 aliphatic rings. The molecule has 0 heterocycles. The highest BCUT2D eigenvalue weighted by atomic mass is 32.2. The van der Waals surface area contributed by atoms with Crippen molar-refractivity contribution in [2.75, 3.05) is 5.73 Å². The lowest BCUT2D eigenvalue weighted by atomic mass is 9.85. The highest BCUT2D eigenvalue weighted by Crippen LogP contribution is 2.28. The first-order chi connectivity index (χ1) is 9.83. The Morgan fingerprint density at radius 2 is 1.90 bits per heavy atom. The Balaban J connectivity index is 2.16. The fourth-order valence-corrected chi connectivity index (χ4v) is 4.52. The first-order valence-electron chi connectivity index (χ1n) is 7.41. The maximum absolute atomic E-state index is 13.7. The largest absolute Gasteiger partial charge is 0.399 e. The van der Waals surface area contributed by atoms with Gasteiger partial charge in [0, 0.05) is 17.3 Å². The molecule has 0 saturated heterocycles. The van der Waals surface area contributed by atoms with Crippen molar-refractivity contribution in [2.45, 2.75) is 56.9 Å². The molecular formula is C15H23FN2O2S. The van der Waals surface area contributed by atoms with Crippen molar-refractivity contribution in [3.05, 3.63) is 23.5 Å². The number of nitrogens with one attached hydrogen (secondary N) is 1. The Morgan fingerprint density at radius 3 is 2.48 bits per heavy atom. The number of rotatable bonds is 4. The second-order valence-corrected chi connectivity index (χ2v) is 7.56.